The van der Waals surface area contributed by atoms with E-state index in [2.05, 4.69) is 5.32 Å². The van der Waals surface area contributed by atoms with Crippen LogP contribution in [0.2, 0.25) is 0 Å². The molecular weight excluding hydrogens is 236 g/mol. The number of carbonyl (C=O) groups excluding carboxylic acids is 2. The fraction of sp³-hybridized carbons (Fsp3) is 0.333. The third-order valence-electron chi connectivity index (χ3n) is 2.23. The minimum Gasteiger partial charge on any atom is -0.505 e. The molecule has 1 rings (SSSR count). The number of carbonyl (C=O) groups is 2. The molecule has 0 heterocycles. The van der Waals surface area contributed by atoms with Gasteiger partial charge in [-0.1, -0.05) is 6.07 Å². The molecule has 0 saturated heterocycles. The number of nitrogens with two attached hydrogens (primary N) is 1. The molecule has 0 aliphatic rings. The molecule has 0 saturated carbocycles. The predicted octanol–water partition coefficient (Wildman–Crippen LogP) is 0.657. The molecule has 0 atom stereocenters. The number of anilines is 1. The highest BCUT2D eigenvalue weighted by Crippen LogP contribution is 2.23. The fourth-order valence-corrected chi connectivity index (χ4v) is 1.35. The van der Waals surface area contributed by atoms with E-state index in [1.165, 1.54) is 12.1 Å². The minimum absolute atomic E-state index is 0.0823. The second-order valence-corrected chi connectivity index (χ2v) is 3.55. The summed E-state index contributed by atoms with van der Waals surface area (Å²) in [5, 5.41) is 12.1. The number of benzene rings is 1. The van der Waals surface area contributed by atoms with Gasteiger partial charge in [-0.2, -0.15) is 0 Å². The van der Waals surface area contributed by atoms with Gasteiger partial charge >= 0.3 is 5.97 Å². The standard InChI is InChI=1S/C12H16N2O4/c1-2-18-10(15)6-7-14-12(17)8-4-3-5-9(13)11(8)16/h3-5,16H,2,6-7,13H2,1H3,(H,14,17). The normalized spacial score (nSPS) is 9.83. The molecule has 98 valence electrons. The van der Waals surface area contributed by atoms with Crippen LogP contribution in [0.15, 0.2) is 18.2 Å². The van der Waals surface area contributed by atoms with Gasteiger partial charge in [-0.3, -0.25) is 9.59 Å². The van der Waals surface area contributed by atoms with Crippen LogP contribution < -0.4 is 11.1 Å². The zero-order chi connectivity index (χ0) is 13.5. The van der Waals surface area contributed by atoms with Crippen molar-refractivity contribution in [3.8, 4) is 5.75 Å². The summed E-state index contributed by atoms with van der Waals surface area (Å²) in [6.07, 6.45) is 0.0860. The fourth-order valence-electron chi connectivity index (χ4n) is 1.35. The van der Waals surface area contributed by atoms with Crippen LogP contribution in [0, 0.1) is 0 Å². The molecule has 0 fully saturated rings. The van der Waals surface area contributed by atoms with Gasteiger partial charge in [0.25, 0.3) is 5.91 Å². The highest BCUT2D eigenvalue weighted by atomic mass is 16.5. The largest absolute Gasteiger partial charge is 0.505 e. The maximum atomic E-state index is 11.7. The average Bonchev–Trinajstić information content (AvgIpc) is 2.33. The molecular formula is C12H16N2O4. The highest BCUT2D eigenvalue weighted by Gasteiger charge is 2.12. The summed E-state index contributed by atoms with van der Waals surface area (Å²) in [6.45, 7) is 2.16. The van der Waals surface area contributed by atoms with Crippen molar-refractivity contribution in [1.82, 2.24) is 5.32 Å². The van der Waals surface area contributed by atoms with Crippen molar-refractivity contribution in [3.63, 3.8) is 0 Å². The quantitative estimate of drug-likeness (QED) is 0.406. The van der Waals surface area contributed by atoms with Crippen molar-refractivity contribution < 1.29 is 19.4 Å². The van der Waals surface area contributed by atoms with E-state index in [1.54, 1.807) is 13.0 Å². The van der Waals surface area contributed by atoms with Gasteiger partial charge in [0.05, 0.1) is 24.3 Å². The molecule has 1 aromatic carbocycles. The number of hydrogen-bond donors (Lipinski definition) is 3. The first kappa shape index (κ1) is 13.8. The zero-order valence-electron chi connectivity index (χ0n) is 10.1. The van der Waals surface area contributed by atoms with Crippen molar-refractivity contribution in [2.24, 2.45) is 0 Å². The molecule has 1 amide bonds. The van der Waals surface area contributed by atoms with E-state index >= 15 is 0 Å². The van der Waals surface area contributed by atoms with Gasteiger partial charge < -0.3 is 20.9 Å². The molecule has 6 nitrogen and oxygen atoms in total. The Balaban J connectivity index is 2.51. The number of amides is 1. The van der Waals surface area contributed by atoms with Gasteiger partial charge in [-0.05, 0) is 19.1 Å². The Hall–Kier alpha value is -2.24. The Kier molecular flexibility index (Phi) is 4.98. The van der Waals surface area contributed by atoms with Crippen LogP contribution in [0.4, 0.5) is 5.69 Å². The lowest BCUT2D eigenvalue weighted by Gasteiger charge is -2.07. The topological polar surface area (TPSA) is 102 Å². The van der Waals surface area contributed by atoms with Gasteiger partial charge in [-0.25, -0.2) is 0 Å². The first-order valence-corrected chi connectivity index (χ1v) is 5.57. The van der Waals surface area contributed by atoms with Crippen molar-refractivity contribution >= 4 is 17.6 Å². The third-order valence-corrected chi connectivity index (χ3v) is 2.23. The van der Waals surface area contributed by atoms with Crippen LogP contribution in [0.3, 0.4) is 0 Å². The number of aromatic hydroxyl groups is 1. The Labute approximate surface area is 105 Å². The summed E-state index contributed by atoms with van der Waals surface area (Å²) in [5.41, 5.74) is 5.69. The molecule has 0 radical (unpaired) electrons. The van der Waals surface area contributed by atoms with E-state index < -0.39 is 5.91 Å². The number of ether oxygens (including phenoxy) is 1. The average molecular weight is 252 g/mol. The van der Waals surface area contributed by atoms with E-state index in [-0.39, 0.29) is 35.9 Å². The van der Waals surface area contributed by atoms with Crippen molar-refractivity contribution in [2.75, 3.05) is 18.9 Å². The Morgan fingerprint density at radius 1 is 1.44 bits per heavy atom. The van der Waals surface area contributed by atoms with Gasteiger partial charge in [0.2, 0.25) is 0 Å². The van der Waals surface area contributed by atoms with Crippen molar-refractivity contribution in [3.05, 3.63) is 23.8 Å². The molecule has 0 aliphatic carbocycles. The van der Waals surface area contributed by atoms with Crippen LogP contribution in [-0.2, 0) is 9.53 Å². The SMILES string of the molecule is CCOC(=O)CCNC(=O)c1cccc(N)c1O. The maximum absolute atomic E-state index is 11.7. The zero-order valence-corrected chi connectivity index (χ0v) is 10.1. The van der Waals surface area contributed by atoms with E-state index in [4.69, 9.17) is 10.5 Å². The first-order valence-electron chi connectivity index (χ1n) is 5.57. The number of nitrogen functional groups attached to an aromatic ring is 1. The van der Waals surface area contributed by atoms with Crippen LogP contribution >= 0.6 is 0 Å². The molecule has 0 unspecified atom stereocenters. The minimum atomic E-state index is -0.482. The summed E-state index contributed by atoms with van der Waals surface area (Å²) in [7, 11) is 0. The first-order chi connectivity index (χ1) is 8.56. The highest BCUT2D eigenvalue weighted by molar-refractivity contribution is 5.98. The van der Waals surface area contributed by atoms with Gasteiger partial charge in [0.1, 0.15) is 0 Å². The van der Waals surface area contributed by atoms with Crippen LogP contribution in [-0.4, -0.2) is 30.1 Å². The Morgan fingerprint density at radius 3 is 2.83 bits per heavy atom. The Morgan fingerprint density at radius 2 is 2.17 bits per heavy atom. The maximum Gasteiger partial charge on any atom is 0.307 e. The molecule has 4 N–H and O–H groups in total. The van der Waals surface area contributed by atoms with Crippen LogP contribution in [0.5, 0.6) is 5.75 Å². The summed E-state index contributed by atoms with van der Waals surface area (Å²) < 4.78 is 4.71. The molecule has 0 aliphatic heterocycles. The summed E-state index contributed by atoms with van der Waals surface area (Å²) in [6, 6.07) is 4.51. The second kappa shape index (κ2) is 6.48. The number of nitrogens with one attached hydrogen (secondary N) is 1. The number of phenolic OH excluding ortho intramolecular Hbond substituents is 1. The number of para-hydroxylation sites is 1. The van der Waals surface area contributed by atoms with Crippen LogP contribution in [0.25, 0.3) is 0 Å². The summed E-state index contributed by atoms with van der Waals surface area (Å²) >= 11 is 0. The van der Waals surface area contributed by atoms with Crippen molar-refractivity contribution in [1.29, 1.82) is 0 Å². The molecule has 0 bridgehead atoms. The lowest BCUT2D eigenvalue weighted by Crippen LogP contribution is -2.26. The molecule has 0 aromatic heterocycles. The molecule has 0 spiro atoms. The van der Waals surface area contributed by atoms with Gasteiger partial charge in [0, 0.05) is 6.54 Å². The van der Waals surface area contributed by atoms with E-state index in [0.29, 0.717) is 6.61 Å². The summed E-state index contributed by atoms with van der Waals surface area (Å²) in [4.78, 5) is 22.7. The summed E-state index contributed by atoms with van der Waals surface area (Å²) in [5.74, 6) is -1.12. The number of phenols is 1. The van der Waals surface area contributed by atoms with E-state index in [1.807, 2.05) is 0 Å². The monoisotopic (exact) mass is 252 g/mol. The third kappa shape index (κ3) is 3.65. The Bertz CT molecular complexity index is 446. The molecule has 1 aromatic rings. The van der Waals surface area contributed by atoms with Gasteiger partial charge in [-0.15, -0.1) is 0 Å². The predicted molar refractivity (Wildman–Crippen MR) is 66.1 cm³/mol. The van der Waals surface area contributed by atoms with Crippen LogP contribution in [0.1, 0.15) is 23.7 Å². The van der Waals surface area contributed by atoms with E-state index in [9.17, 15) is 14.7 Å². The number of rotatable bonds is 5. The second-order valence-electron chi connectivity index (χ2n) is 3.55. The number of hydrogen-bond acceptors (Lipinski definition) is 5. The molecule has 18 heavy (non-hydrogen) atoms. The number of esters is 1. The smallest absolute Gasteiger partial charge is 0.307 e. The van der Waals surface area contributed by atoms with Crippen molar-refractivity contribution in [2.45, 2.75) is 13.3 Å². The lowest BCUT2D eigenvalue weighted by molar-refractivity contribution is -0.142. The lowest BCUT2D eigenvalue weighted by atomic mass is 10.1. The van der Waals surface area contributed by atoms with Gasteiger partial charge in [0.15, 0.2) is 5.75 Å². The van der Waals surface area contributed by atoms with E-state index in [0.717, 1.165) is 0 Å². The molecule has 6 heteroatoms.